The molecule has 0 aliphatic carbocycles. The van der Waals surface area contributed by atoms with Gasteiger partial charge in [-0.2, -0.15) is 0 Å². The molecular formula is C15H12BrNO3S. The van der Waals surface area contributed by atoms with Crippen LogP contribution in [-0.4, -0.2) is 10.8 Å². The number of hydrogen-bond donors (Lipinski definition) is 0. The molecule has 3 heterocycles. The first-order valence-electron chi connectivity index (χ1n) is 6.31. The molecule has 0 fully saturated rings. The summed E-state index contributed by atoms with van der Waals surface area (Å²) in [4.78, 5) is 15.1. The first-order chi connectivity index (χ1) is 10.2. The highest BCUT2D eigenvalue weighted by Crippen LogP contribution is 2.25. The Balaban J connectivity index is 1.84. The molecule has 0 aromatic carbocycles. The van der Waals surface area contributed by atoms with Gasteiger partial charge in [0.15, 0.2) is 0 Å². The standard InChI is InChI=1S/C15H12BrNO3S/c16-13-5-8-21-14(13)15(18)17(9-11-3-1-6-19-11)10-12-4-2-7-20-12/h1-8H,9-10H2. The van der Waals surface area contributed by atoms with Crippen molar-refractivity contribution in [1.82, 2.24) is 4.90 Å². The molecule has 21 heavy (non-hydrogen) atoms. The third-order valence-corrected chi connectivity index (χ3v) is 4.78. The molecule has 1 amide bonds. The van der Waals surface area contributed by atoms with Crippen molar-refractivity contribution >= 4 is 33.2 Å². The van der Waals surface area contributed by atoms with Gasteiger partial charge in [-0.05, 0) is 51.6 Å². The zero-order valence-corrected chi connectivity index (χ0v) is 13.4. The summed E-state index contributed by atoms with van der Waals surface area (Å²) in [5, 5.41) is 1.88. The van der Waals surface area contributed by atoms with E-state index in [0.717, 1.165) is 16.0 Å². The fourth-order valence-electron chi connectivity index (χ4n) is 1.97. The maximum Gasteiger partial charge on any atom is 0.265 e. The zero-order valence-electron chi connectivity index (χ0n) is 11.0. The van der Waals surface area contributed by atoms with Gasteiger partial charge < -0.3 is 13.7 Å². The fourth-order valence-corrected chi connectivity index (χ4v) is 3.48. The predicted molar refractivity (Wildman–Crippen MR) is 83.0 cm³/mol. The highest BCUT2D eigenvalue weighted by Gasteiger charge is 2.21. The molecule has 3 aromatic heterocycles. The highest BCUT2D eigenvalue weighted by atomic mass is 79.9. The van der Waals surface area contributed by atoms with Crippen LogP contribution in [0.3, 0.4) is 0 Å². The van der Waals surface area contributed by atoms with Gasteiger partial charge in [0, 0.05) is 4.47 Å². The lowest BCUT2D eigenvalue weighted by atomic mass is 10.3. The van der Waals surface area contributed by atoms with Crippen molar-refractivity contribution in [2.75, 3.05) is 0 Å². The van der Waals surface area contributed by atoms with E-state index in [1.165, 1.54) is 11.3 Å². The van der Waals surface area contributed by atoms with E-state index in [-0.39, 0.29) is 5.91 Å². The molecule has 0 radical (unpaired) electrons. The van der Waals surface area contributed by atoms with E-state index >= 15 is 0 Å². The number of rotatable bonds is 5. The quantitative estimate of drug-likeness (QED) is 0.666. The van der Waals surface area contributed by atoms with Gasteiger partial charge >= 0.3 is 0 Å². The number of carbonyl (C=O) groups is 1. The summed E-state index contributed by atoms with van der Waals surface area (Å²) < 4.78 is 11.5. The maximum absolute atomic E-state index is 12.7. The monoisotopic (exact) mass is 365 g/mol. The minimum absolute atomic E-state index is 0.0512. The van der Waals surface area contributed by atoms with E-state index < -0.39 is 0 Å². The Bertz CT molecular complexity index is 667. The molecule has 0 aliphatic rings. The van der Waals surface area contributed by atoms with E-state index in [0.29, 0.717) is 18.0 Å². The zero-order chi connectivity index (χ0) is 14.7. The second kappa shape index (κ2) is 6.32. The van der Waals surface area contributed by atoms with Gasteiger partial charge in [0.25, 0.3) is 5.91 Å². The van der Waals surface area contributed by atoms with Gasteiger partial charge in [0.2, 0.25) is 0 Å². The maximum atomic E-state index is 12.7. The van der Waals surface area contributed by atoms with Crippen LogP contribution in [0.1, 0.15) is 21.2 Å². The molecule has 3 aromatic rings. The van der Waals surface area contributed by atoms with Crippen LogP contribution in [0.5, 0.6) is 0 Å². The normalized spacial score (nSPS) is 10.7. The lowest BCUT2D eigenvalue weighted by Crippen LogP contribution is -2.29. The molecule has 0 spiro atoms. The molecule has 4 nitrogen and oxygen atoms in total. The van der Waals surface area contributed by atoms with Crippen LogP contribution in [0.15, 0.2) is 61.5 Å². The van der Waals surface area contributed by atoms with Crippen LogP contribution in [0.4, 0.5) is 0 Å². The Hall–Kier alpha value is -1.79. The average molecular weight is 366 g/mol. The van der Waals surface area contributed by atoms with Crippen LogP contribution in [0, 0.1) is 0 Å². The number of hydrogen-bond acceptors (Lipinski definition) is 4. The fraction of sp³-hybridized carbons (Fsp3) is 0.133. The minimum atomic E-state index is -0.0512. The summed E-state index contributed by atoms with van der Waals surface area (Å²) in [7, 11) is 0. The largest absolute Gasteiger partial charge is 0.467 e. The summed E-state index contributed by atoms with van der Waals surface area (Å²) >= 11 is 4.82. The molecule has 0 N–H and O–H groups in total. The first kappa shape index (κ1) is 14.2. The number of carbonyl (C=O) groups excluding carboxylic acids is 1. The van der Waals surface area contributed by atoms with Crippen LogP contribution in [0.2, 0.25) is 0 Å². The molecule has 0 saturated heterocycles. The van der Waals surface area contributed by atoms with E-state index in [1.54, 1.807) is 17.4 Å². The second-order valence-electron chi connectivity index (χ2n) is 4.42. The van der Waals surface area contributed by atoms with Crippen LogP contribution in [0.25, 0.3) is 0 Å². The molecular weight excluding hydrogens is 354 g/mol. The molecule has 0 aliphatic heterocycles. The molecule has 0 unspecified atom stereocenters. The Morgan fingerprint density at radius 2 is 1.71 bits per heavy atom. The topological polar surface area (TPSA) is 46.6 Å². The Morgan fingerprint density at radius 1 is 1.10 bits per heavy atom. The first-order valence-corrected chi connectivity index (χ1v) is 7.98. The van der Waals surface area contributed by atoms with Crippen molar-refractivity contribution in [3.63, 3.8) is 0 Å². The number of amides is 1. The van der Waals surface area contributed by atoms with E-state index in [9.17, 15) is 4.79 Å². The molecule has 0 bridgehead atoms. The Labute approximate surface area is 134 Å². The van der Waals surface area contributed by atoms with E-state index in [1.807, 2.05) is 35.7 Å². The number of halogens is 1. The average Bonchev–Trinajstić information content (AvgIpc) is 3.19. The molecule has 3 rings (SSSR count). The third-order valence-electron chi connectivity index (χ3n) is 2.95. The molecule has 0 atom stereocenters. The molecule has 6 heteroatoms. The van der Waals surface area contributed by atoms with Crippen molar-refractivity contribution in [2.45, 2.75) is 13.1 Å². The lowest BCUT2D eigenvalue weighted by molar-refractivity contribution is 0.0709. The Kier molecular flexibility index (Phi) is 4.26. The van der Waals surface area contributed by atoms with Gasteiger partial charge in [-0.25, -0.2) is 0 Å². The Morgan fingerprint density at radius 3 is 2.14 bits per heavy atom. The van der Waals surface area contributed by atoms with Crippen molar-refractivity contribution in [3.05, 3.63) is 69.1 Å². The number of nitrogens with zero attached hydrogens (tertiary/aromatic N) is 1. The smallest absolute Gasteiger partial charge is 0.265 e. The summed E-state index contributed by atoms with van der Waals surface area (Å²) in [5.74, 6) is 1.43. The van der Waals surface area contributed by atoms with Crippen molar-refractivity contribution < 1.29 is 13.6 Å². The SMILES string of the molecule is O=C(c1sccc1Br)N(Cc1ccco1)Cc1ccco1. The van der Waals surface area contributed by atoms with Crippen molar-refractivity contribution in [2.24, 2.45) is 0 Å². The van der Waals surface area contributed by atoms with Crippen LogP contribution >= 0.6 is 27.3 Å². The predicted octanol–water partition coefficient (Wildman–Crippen LogP) is 4.54. The van der Waals surface area contributed by atoms with Crippen molar-refractivity contribution in [1.29, 1.82) is 0 Å². The van der Waals surface area contributed by atoms with Gasteiger partial charge in [0.1, 0.15) is 16.4 Å². The van der Waals surface area contributed by atoms with Crippen LogP contribution in [-0.2, 0) is 13.1 Å². The minimum Gasteiger partial charge on any atom is -0.467 e. The van der Waals surface area contributed by atoms with Crippen molar-refractivity contribution in [3.8, 4) is 0 Å². The second-order valence-corrected chi connectivity index (χ2v) is 6.19. The van der Waals surface area contributed by atoms with Gasteiger partial charge in [-0.1, -0.05) is 0 Å². The summed E-state index contributed by atoms with van der Waals surface area (Å²) in [6, 6.07) is 9.20. The van der Waals surface area contributed by atoms with E-state index in [4.69, 9.17) is 8.83 Å². The summed E-state index contributed by atoms with van der Waals surface area (Å²) in [6.07, 6.45) is 3.21. The number of furan rings is 2. The van der Waals surface area contributed by atoms with Gasteiger partial charge in [-0.15, -0.1) is 11.3 Å². The molecule has 0 saturated carbocycles. The summed E-state index contributed by atoms with van der Waals surface area (Å²) in [6.45, 7) is 0.799. The third kappa shape index (κ3) is 3.28. The lowest BCUT2D eigenvalue weighted by Gasteiger charge is -2.20. The molecule has 108 valence electrons. The highest BCUT2D eigenvalue weighted by molar-refractivity contribution is 9.10. The van der Waals surface area contributed by atoms with Gasteiger partial charge in [0.05, 0.1) is 25.6 Å². The summed E-state index contributed by atoms with van der Waals surface area (Å²) in [5.41, 5.74) is 0. The van der Waals surface area contributed by atoms with Crippen LogP contribution < -0.4 is 0 Å². The van der Waals surface area contributed by atoms with Gasteiger partial charge in [-0.3, -0.25) is 4.79 Å². The van der Waals surface area contributed by atoms with E-state index in [2.05, 4.69) is 15.9 Å². The number of thiophene rings is 1.